The fraction of sp³-hybridized carbons (Fsp3) is 0. The summed E-state index contributed by atoms with van der Waals surface area (Å²) in [6.07, 6.45) is 0. The van der Waals surface area contributed by atoms with Crippen LogP contribution in [-0.4, -0.2) is 12.6 Å². The van der Waals surface area contributed by atoms with Crippen molar-refractivity contribution in [3.8, 4) is 39.4 Å². The van der Waals surface area contributed by atoms with Crippen LogP contribution in [0.3, 0.4) is 0 Å². The van der Waals surface area contributed by atoms with E-state index in [2.05, 4.69) is 270 Å². The molecular weight excluding hydrogens is 841 g/mol. The molecule has 0 unspecified atom stereocenters. The molecule has 12 aromatic rings. The predicted octanol–water partition coefficient (Wildman–Crippen LogP) is 14.2. The van der Waals surface area contributed by atoms with E-state index in [-0.39, 0.29) is 0 Å². The van der Waals surface area contributed by atoms with Gasteiger partial charge in [-0.15, -0.1) is 0 Å². The zero-order valence-corrected chi connectivity index (χ0v) is 38.2. The summed E-state index contributed by atoms with van der Waals surface area (Å²) in [5.74, 6) is 1.75. The lowest BCUT2D eigenvalue weighted by atomic mass is 10.0. The molecule has 4 heteroatoms. The molecule has 0 amide bonds. The third-order valence-electron chi connectivity index (χ3n) is 13.9. The van der Waals surface area contributed by atoms with Crippen LogP contribution in [0.5, 0.6) is 11.5 Å². The highest BCUT2D eigenvalue weighted by atomic mass is 28.3. The molecule has 1 aliphatic rings. The van der Waals surface area contributed by atoms with Crippen molar-refractivity contribution in [2.24, 2.45) is 0 Å². The number of hydrogen-bond donors (Lipinski definition) is 0. The summed E-state index contributed by atoms with van der Waals surface area (Å²) in [7, 11) is -2.71. The number of nitrogens with zero attached hydrogens (tertiary/aromatic N) is 2. The molecule has 0 aliphatic carbocycles. The Kier molecular flexibility index (Phi) is 9.51. The van der Waals surface area contributed by atoms with Gasteiger partial charge in [-0.3, -0.25) is 0 Å². The topological polar surface area (TPSA) is 17.4 Å². The Morgan fingerprint density at radius 3 is 1.41 bits per heavy atom. The molecular formula is C64H44N2OSi. The lowest BCUT2D eigenvalue weighted by molar-refractivity contribution is 0.476. The number of anilines is 3. The van der Waals surface area contributed by atoms with Gasteiger partial charge in [-0.25, -0.2) is 0 Å². The van der Waals surface area contributed by atoms with Gasteiger partial charge in [-0.2, -0.15) is 0 Å². The molecule has 0 atom stereocenters. The highest BCUT2D eigenvalue weighted by Gasteiger charge is 2.41. The first-order chi connectivity index (χ1) is 33.7. The van der Waals surface area contributed by atoms with Crippen LogP contribution in [0, 0.1) is 0 Å². The van der Waals surface area contributed by atoms with Gasteiger partial charge in [0.1, 0.15) is 0 Å². The van der Waals surface area contributed by atoms with Crippen molar-refractivity contribution in [2.75, 3.05) is 4.90 Å². The molecule has 0 fully saturated rings. The van der Waals surface area contributed by atoms with Crippen molar-refractivity contribution in [1.82, 2.24) is 4.57 Å². The smallest absolute Gasteiger partial charge is 0.179 e. The van der Waals surface area contributed by atoms with Crippen LogP contribution >= 0.6 is 0 Å². The Hall–Kier alpha value is -8.70. The van der Waals surface area contributed by atoms with Crippen molar-refractivity contribution in [3.63, 3.8) is 0 Å². The molecule has 1 aromatic heterocycles. The summed E-state index contributed by atoms with van der Waals surface area (Å²) >= 11 is 0. The van der Waals surface area contributed by atoms with Gasteiger partial charge in [0.2, 0.25) is 0 Å². The van der Waals surface area contributed by atoms with Crippen LogP contribution in [0.2, 0.25) is 0 Å². The zero-order valence-electron chi connectivity index (χ0n) is 37.2. The van der Waals surface area contributed by atoms with E-state index in [0.29, 0.717) is 0 Å². The number of fused-ring (bicyclic) bond motifs is 6. The zero-order chi connectivity index (χ0) is 45.0. The summed E-state index contributed by atoms with van der Waals surface area (Å²) in [6.45, 7) is 0. The maximum absolute atomic E-state index is 6.41. The largest absolute Gasteiger partial charge is 0.453 e. The monoisotopic (exact) mass is 884 g/mol. The van der Waals surface area contributed by atoms with Crippen LogP contribution in [0.25, 0.3) is 60.5 Å². The minimum Gasteiger partial charge on any atom is -0.453 e. The maximum atomic E-state index is 6.41. The molecule has 0 saturated heterocycles. The van der Waals surface area contributed by atoms with Gasteiger partial charge in [-0.1, -0.05) is 200 Å². The Labute approximate surface area is 397 Å². The summed E-state index contributed by atoms with van der Waals surface area (Å²) < 4.78 is 8.78. The molecule has 0 N–H and O–H groups in total. The molecule has 0 spiro atoms. The Bertz CT molecular complexity index is 3700. The fourth-order valence-electron chi connectivity index (χ4n) is 10.7. The minimum atomic E-state index is -2.71. The lowest BCUT2D eigenvalue weighted by Crippen LogP contribution is -2.74. The molecule has 2 heterocycles. The van der Waals surface area contributed by atoms with Crippen molar-refractivity contribution in [2.45, 2.75) is 0 Å². The lowest BCUT2D eigenvalue weighted by Gasteiger charge is -2.35. The molecule has 68 heavy (non-hydrogen) atoms. The van der Waals surface area contributed by atoms with E-state index in [9.17, 15) is 0 Å². The first-order valence-corrected chi connectivity index (χ1v) is 25.3. The summed E-state index contributed by atoms with van der Waals surface area (Å²) in [4.78, 5) is 2.39. The SMILES string of the molecule is c1ccc([Si](c2ccccc2)(c2ccccc2)c2ccc(N(c3ccc(-c4ccc5ccccc5c4)cc3)c3ccc(-c4ccc5c6cccc7c6n(c5c4)-c4ccccc4O7)cc3)cc2)cc1. The van der Waals surface area contributed by atoms with Crippen LogP contribution in [-0.2, 0) is 0 Å². The second kappa shape index (κ2) is 16.3. The normalized spacial score (nSPS) is 11.9. The van der Waals surface area contributed by atoms with Gasteiger partial charge in [0.05, 0.1) is 16.7 Å². The van der Waals surface area contributed by atoms with Crippen molar-refractivity contribution in [3.05, 3.63) is 267 Å². The highest BCUT2D eigenvalue weighted by Crippen LogP contribution is 2.46. The van der Waals surface area contributed by atoms with Gasteiger partial charge in [0.25, 0.3) is 0 Å². The molecule has 0 bridgehead atoms. The van der Waals surface area contributed by atoms with E-state index < -0.39 is 8.07 Å². The summed E-state index contributed by atoms with van der Waals surface area (Å²) in [5, 5.41) is 10.3. The molecule has 1 aliphatic heterocycles. The van der Waals surface area contributed by atoms with Crippen molar-refractivity contribution < 1.29 is 4.74 Å². The van der Waals surface area contributed by atoms with Crippen molar-refractivity contribution >= 4 is 78.5 Å². The van der Waals surface area contributed by atoms with Crippen LogP contribution in [0.15, 0.2) is 267 Å². The van der Waals surface area contributed by atoms with E-state index >= 15 is 0 Å². The van der Waals surface area contributed by atoms with Crippen LogP contribution < -0.4 is 30.4 Å². The second-order valence-corrected chi connectivity index (χ2v) is 21.5. The number of rotatable bonds is 9. The van der Waals surface area contributed by atoms with Gasteiger partial charge >= 0.3 is 0 Å². The molecule has 11 aromatic carbocycles. The van der Waals surface area contributed by atoms with Crippen LogP contribution in [0.4, 0.5) is 17.1 Å². The standard InChI is InChI=1S/C64H44N2OSi/c1-4-17-54(18-5-1)68(55-19-6-2-7-20-55,56-21-8-3-9-22-56)57-40-38-53(39-41-57)65(51-34-29-46(30-35-51)49-28-27-45-15-10-11-16-48(45)43-49)52-36-31-47(32-37-52)50-33-42-58-59-23-14-26-63-64(59)66(61(58)44-50)60-24-12-13-25-62(60)67-63/h1-44H. The van der Waals surface area contributed by atoms with E-state index in [4.69, 9.17) is 4.74 Å². The third-order valence-corrected chi connectivity index (χ3v) is 18.7. The van der Waals surface area contributed by atoms with E-state index in [0.717, 1.165) is 50.9 Å². The molecule has 13 rings (SSSR count). The Morgan fingerprint density at radius 1 is 0.324 bits per heavy atom. The number of aromatic nitrogens is 1. The quantitative estimate of drug-likeness (QED) is 0.106. The maximum Gasteiger partial charge on any atom is 0.179 e. The Balaban J connectivity index is 0.930. The minimum absolute atomic E-state index is 0.867. The number of para-hydroxylation sites is 3. The highest BCUT2D eigenvalue weighted by molar-refractivity contribution is 7.19. The first-order valence-electron chi connectivity index (χ1n) is 23.3. The van der Waals surface area contributed by atoms with E-state index in [1.807, 2.05) is 6.07 Å². The second-order valence-electron chi connectivity index (χ2n) is 17.7. The molecule has 0 saturated carbocycles. The predicted molar refractivity (Wildman–Crippen MR) is 288 cm³/mol. The summed E-state index contributed by atoms with van der Waals surface area (Å²) in [6, 6.07) is 97.7. The molecule has 320 valence electrons. The van der Waals surface area contributed by atoms with E-state index in [1.165, 1.54) is 58.9 Å². The number of benzene rings is 11. The number of ether oxygens (including phenoxy) is 1. The van der Waals surface area contributed by atoms with Gasteiger partial charge in [0.15, 0.2) is 19.6 Å². The van der Waals surface area contributed by atoms with Gasteiger partial charge in [-0.05, 0) is 121 Å². The van der Waals surface area contributed by atoms with Crippen LogP contribution in [0.1, 0.15) is 0 Å². The molecule has 0 radical (unpaired) electrons. The first kappa shape index (κ1) is 39.6. The average molecular weight is 885 g/mol. The molecule has 3 nitrogen and oxygen atoms in total. The number of hydrogen-bond acceptors (Lipinski definition) is 2. The van der Waals surface area contributed by atoms with Gasteiger partial charge in [0, 0.05) is 27.8 Å². The average Bonchev–Trinajstić information content (AvgIpc) is 3.75. The summed E-state index contributed by atoms with van der Waals surface area (Å²) in [5.41, 5.74) is 11.3. The fourth-order valence-corrected chi connectivity index (χ4v) is 15.5. The Morgan fingerprint density at radius 2 is 0.794 bits per heavy atom. The van der Waals surface area contributed by atoms with Crippen molar-refractivity contribution in [1.29, 1.82) is 0 Å². The van der Waals surface area contributed by atoms with Gasteiger partial charge < -0.3 is 14.2 Å². The third kappa shape index (κ3) is 6.49. The van der Waals surface area contributed by atoms with E-state index in [1.54, 1.807) is 0 Å².